The van der Waals surface area contributed by atoms with Gasteiger partial charge in [-0.3, -0.25) is 9.59 Å². The third-order valence-electron chi connectivity index (χ3n) is 4.48. The van der Waals surface area contributed by atoms with Crippen LogP contribution in [0.15, 0.2) is 58.2 Å². The average Bonchev–Trinajstić information content (AvgIpc) is 3.11. The van der Waals surface area contributed by atoms with Crippen LogP contribution in [0.5, 0.6) is 0 Å². The summed E-state index contributed by atoms with van der Waals surface area (Å²) in [6.45, 7) is 0.670. The number of piperidine rings is 1. The largest absolute Gasteiger partial charge is 0.431 e. The number of nitrogens with one attached hydrogen (secondary N) is 2. The molecule has 3 aromatic rings. The van der Waals surface area contributed by atoms with E-state index in [0.717, 1.165) is 23.1 Å². The molecule has 1 saturated heterocycles. The summed E-state index contributed by atoms with van der Waals surface area (Å²) < 4.78 is 5.72. The van der Waals surface area contributed by atoms with Crippen LogP contribution in [0.2, 0.25) is 0 Å². The lowest BCUT2D eigenvalue weighted by molar-refractivity contribution is -0.124. The monoisotopic (exact) mass is 381 g/mol. The average molecular weight is 381 g/mol. The van der Waals surface area contributed by atoms with Crippen LogP contribution in [0, 0.1) is 0 Å². The van der Waals surface area contributed by atoms with Crippen LogP contribution >= 0.6 is 11.8 Å². The molecule has 0 spiro atoms. The Morgan fingerprint density at radius 1 is 1.22 bits per heavy atom. The molecule has 0 aliphatic carbocycles. The van der Waals surface area contributed by atoms with Crippen molar-refractivity contribution in [3.8, 4) is 0 Å². The fourth-order valence-corrected chi connectivity index (χ4v) is 3.91. The maximum atomic E-state index is 12.7. The van der Waals surface area contributed by atoms with Crippen LogP contribution in [-0.2, 0) is 10.5 Å². The molecule has 2 N–H and O–H groups in total. The number of benzene rings is 2. The Balaban J connectivity index is 1.47. The van der Waals surface area contributed by atoms with E-state index in [9.17, 15) is 9.59 Å². The van der Waals surface area contributed by atoms with Crippen LogP contribution in [0.4, 0.5) is 0 Å². The van der Waals surface area contributed by atoms with E-state index >= 15 is 0 Å². The molecule has 1 aliphatic heterocycles. The third-order valence-corrected chi connectivity index (χ3v) is 5.35. The molecule has 2 heterocycles. The summed E-state index contributed by atoms with van der Waals surface area (Å²) in [7, 11) is 0. The van der Waals surface area contributed by atoms with Gasteiger partial charge in [0.25, 0.3) is 11.1 Å². The molecule has 1 aromatic heterocycles. The lowest BCUT2D eigenvalue weighted by Crippen LogP contribution is -2.50. The van der Waals surface area contributed by atoms with Gasteiger partial charge in [-0.1, -0.05) is 42.1 Å². The molecule has 6 nitrogen and oxygen atoms in total. The molecule has 1 fully saturated rings. The van der Waals surface area contributed by atoms with Gasteiger partial charge in [-0.2, -0.15) is 0 Å². The second-order valence-corrected chi connectivity index (χ2v) is 7.28. The van der Waals surface area contributed by atoms with E-state index in [4.69, 9.17) is 4.42 Å². The van der Waals surface area contributed by atoms with E-state index in [0.29, 0.717) is 29.5 Å². The molecule has 4 rings (SSSR count). The first kappa shape index (κ1) is 17.6. The van der Waals surface area contributed by atoms with Crippen LogP contribution in [-0.4, -0.2) is 29.4 Å². The first-order valence-corrected chi connectivity index (χ1v) is 9.84. The molecular formula is C20H19N3O3S. The lowest BCUT2D eigenvalue weighted by Gasteiger charge is -2.23. The molecular weight excluding hydrogens is 362 g/mol. The van der Waals surface area contributed by atoms with Crippen molar-refractivity contribution < 1.29 is 14.0 Å². The highest BCUT2D eigenvalue weighted by Crippen LogP contribution is 2.27. The Morgan fingerprint density at radius 3 is 2.89 bits per heavy atom. The second-order valence-electron chi connectivity index (χ2n) is 6.35. The van der Waals surface area contributed by atoms with Crippen molar-refractivity contribution in [1.29, 1.82) is 0 Å². The molecule has 1 atom stereocenters. The van der Waals surface area contributed by atoms with Crippen LogP contribution in [0.1, 0.15) is 28.8 Å². The number of fused-ring (bicyclic) bond motifs is 1. The molecule has 2 amide bonds. The van der Waals surface area contributed by atoms with Crippen molar-refractivity contribution in [3.05, 3.63) is 59.7 Å². The Kier molecular flexibility index (Phi) is 5.11. The molecule has 0 bridgehead atoms. The van der Waals surface area contributed by atoms with Gasteiger partial charge in [-0.05, 0) is 36.6 Å². The lowest BCUT2D eigenvalue weighted by atomic mass is 10.0. The van der Waals surface area contributed by atoms with Crippen LogP contribution in [0.25, 0.3) is 11.1 Å². The van der Waals surface area contributed by atoms with Gasteiger partial charge in [-0.25, -0.2) is 4.98 Å². The molecule has 0 radical (unpaired) electrons. The number of carbonyl (C=O) groups is 2. The number of carbonyl (C=O) groups excluding carboxylic acids is 2. The predicted octanol–water partition coefficient (Wildman–Crippen LogP) is 3.13. The van der Waals surface area contributed by atoms with Gasteiger partial charge in [-0.15, -0.1) is 0 Å². The minimum Gasteiger partial charge on any atom is -0.431 e. The maximum Gasteiger partial charge on any atom is 0.257 e. The van der Waals surface area contributed by atoms with Crippen molar-refractivity contribution >= 4 is 34.7 Å². The molecule has 0 saturated carbocycles. The number of aromatic nitrogens is 1. The summed E-state index contributed by atoms with van der Waals surface area (Å²) in [5.74, 6) is 0.201. The second kappa shape index (κ2) is 7.84. The van der Waals surface area contributed by atoms with E-state index in [-0.39, 0.29) is 11.8 Å². The van der Waals surface area contributed by atoms with Gasteiger partial charge in [0.15, 0.2) is 5.58 Å². The smallest absolute Gasteiger partial charge is 0.257 e. The van der Waals surface area contributed by atoms with Gasteiger partial charge in [0.05, 0.1) is 0 Å². The Morgan fingerprint density at radius 2 is 2.04 bits per heavy atom. The molecule has 2 aromatic carbocycles. The number of para-hydroxylation sites is 2. The predicted molar refractivity (Wildman–Crippen MR) is 104 cm³/mol. The summed E-state index contributed by atoms with van der Waals surface area (Å²) in [6.07, 6.45) is 1.53. The van der Waals surface area contributed by atoms with Crippen LogP contribution in [0.3, 0.4) is 0 Å². The van der Waals surface area contributed by atoms with Crippen molar-refractivity contribution in [2.24, 2.45) is 0 Å². The van der Waals surface area contributed by atoms with Crippen LogP contribution < -0.4 is 10.6 Å². The topological polar surface area (TPSA) is 84.2 Å². The Hall–Kier alpha value is -2.80. The van der Waals surface area contributed by atoms with Gasteiger partial charge >= 0.3 is 0 Å². The van der Waals surface area contributed by atoms with Crippen molar-refractivity contribution in [3.63, 3.8) is 0 Å². The summed E-state index contributed by atoms with van der Waals surface area (Å²) in [6, 6.07) is 14.5. The van der Waals surface area contributed by atoms with Gasteiger partial charge in [0.1, 0.15) is 11.6 Å². The minimum atomic E-state index is -0.469. The van der Waals surface area contributed by atoms with Gasteiger partial charge in [0.2, 0.25) is 5.91 Å². The third kappa shape index (κ3) is 3.98. The number of amides is 2. The zero-order valence-electron chi connectivity index (χ0n) is 14.6. The zero-order valence-corrected chi connectivity index (χ0v) is 15.4. The Labute approximate surface area is 160 Å². The summed E-state index contributed by atoms with van der Waals surface area (Å²) in [4.78, 5) is 29.0. The molecule has 27 heavy (non-hydrogen) atoms. The fourth-order valence-electron chi connectivity index (χ4n) is 3.07. The molecule has 1 aliphatic rings. The van der Waals surface area contributed by atoms with E-state index < -0.39 is 6.04 Å². The SMILES string of the molecule is O=C(NC1CCCNC1=O)c1ccccc1CSc1nc2ccccc2o1. The fraction of sp³-hybridized carbons (Fsp3) is 0.250. The van der Waals surface area contributed by atoms with Crippen molar-refractivity contribution in [2.75, 3.05) is 6.54 Å². The highest BCUT2D eigenvalue weighted by molar-refractivity contribution is 7.98. The van der Waals surface area contributed by atoms with E-state index in [2.05, 4.69) is 15.6 Å². The minimum absolute atomic E-state index is 0.118. The zero-order chi connectivity index (χ0) is 18.6. The van der Waals surface area contributed by atoms with E-state index in [1.54, 1.807) is 6.07 Å². The summed E-state index contributed by atoms with van der Waals surface area (Å²) >= 11 is 1.44. The molecule has 1 unspecified atom stereocenters. The van der Waals surface area contributed by atoms with Gasteiger partial charge in [0, 0.05) is 17.9 Å². The number of thioether (sulfide) groups is 1. The number of rotatable bonds is 5. The summed E-state index contributed by atoms with van der Waals surface area (Å²) in [5, 5.41) is 6.20. The first-order valence-electron chi connectivity index (χ1n) is 8.85. The number of nitrogens with zero attached hydrogens (tertiary/aromatic N) is 1. The maximum absolute atomic E-state index is 12.7. The standard InChI is InChI=1S/C20H19N3O3S/c24-18(22-16-9-5-11-21-19(16)25)14-7-2-1-6-13(14)12-27-20-23-15-8-3-4-10-17(15)26-20/h1-4,6-8,10,16H,5,9,11-12H2,(H,21,25)(H,22,24). The van der Waals surface area contributed by atoms with Crippen molar-refractivity contribution in [2.45, 2.75) is 29.9 Å². The normalized spacial score (nSPS) is 16.9. The summed E-state index contributed by atoms with van der Waals surface area (Å²) in [5.41, 5.74) is 3.00. The van der Waals surface area contributed by atoms with E-state index in [1.807, 2.05) is 42.5 Å². The van der Waals surface area contributed by atoms with Gasteiger partial charge < -0.3 is 15.1 Å². The molecule has 138 valence electrons. The Bertz CT molecular complexity index is 952. The highest BCUT2D eigenvalue weighted by atomic mass is 32.2. The number of hydrogen-bond donors (Lipinski definition) is 2. The van der Waals surface area contributed by atoms with E-state index in [1.165, 1.54) is 11.8 Å². The van der Waals surface area contributed by atoms with Crippen molar-refractivity contribution in [1.82, 2.24) is 15.6 Å². The number of oxazole rings is 1. The number of hydrogen-bond acceptors (Lipinski definition) is 5. The molecule has 7 heteroatoms. The highest BCUT2D eigenvalue weighted by Gasteiger charge is 2.24. The first-order chi connectivity index (χ1) is 13.2. The quantitative estimate of drug-likeness (QED) is 0.664.